The molecule has 0 heterocycles. The number of rotatable bonds is 2. The molecule has 0 nitrogen and oxygen atoms in total. The molecule has 0 aliphatic carbocycles. The third-order valence-corrected chi connectivity index (χ3v) is 2.35. The summed E-state index contributed by atoms with van der Waals surface area (Å²) in [6.45, 7) is 5.15. The van der Waals surface area contributed by atoms with Crippen LogP contribution in [0, 0.1) is 5.92 Å². The monoisotopic (exact) mass is 233 g/mol. The van der Waals surface area contributed by atoms with Gasteiger partial charge in [-0.15, -0.1) is 6.58 Å². The molecule has 15 heavy (non-hydrogen) atoms. The summed E-state index contributed by atoms with van der Waals surface area (Å²) in [4.78, 5) is 0. The van der Waals surface area contributed by atoms with Crippen LogP contribution in [0.15, 0.2) is 30.9 Å². The van der Waals surface area contributed by atoms with Gasteiger partial charge in [-0.2, -0.15) is 13.2 Å². The average molecular weight is 234 g/mol. The highest BCUT2D eigenvalue weighted by Gasteiger charge is 2.31. The Balaban J connectivity index is 3.22. The fourth-order valence-corrected chi connectivity index (χ4v) is 1.38. The second kappa shape index (κ2) is 4.27. The van der Waals surface area contributed by atoms with Gasteiger partial charge in [0.15, 0.2) is 0 Å². The lowest BCUT2D eigenvalue weighted by Gasteiger charge is -2.12. The van der Waals surface area contributed by atoms with E-state index >= 15 is 0 Å². The minimum Gasteiger partial charge on any atom is -0.166 e. The summed E-state index contributed by atoms with van der Waals surface area (Å²) in [6, 6.07) is 3.23. The third-order valence-electron chi connectivity index (χ3n) is 2.02. The zero-order chi connectivity index (χ0) is 11.6. The molecule has 4 heteroatoms. The Morgan fingerprint density at radius 2 is 2.00 bits per heavy atom. The summed E-state index contributed by atoms with van der Waals surface area (Å²) in [6.07, 6.45) is -2.87. The van der Waals surface area contributed by atoms with Crippen LogP contribution in [-0.4, -0.2) is 0 Å². The number of halogens is 4. The molecule has 0 saturated carbocycles. The van der Waals surface area contributed by atoms with Crippen LogP contribution in [0.1, 0.15) is 18.1 Å². The Bertz CT molecular complexity index is 369. The molecule has 0 fully saturated rings. The lowest BCUT2D eigenvalue weighted by atomic mass is 9.99. The van der Waals surface area contributed by atoms with Gasteiger partial charge in [0.2, 0.25) is 0 Å². The molecule has 0 saturated heterocycles. The zero-order valence-corrected chi connectivity index (χ0v) is 8.78. The van der Waals surface area contributed by atoms with E-state index in [-0.39, 0.29) is 0 Å². The smallest absolute Gasteiger partial charge is 0.166 e. The van der Waals surface area contributed by atoms with Crippen molar-refractivity contribution in [3.05, 3.63) is 52.9 Å². The van der Waals surface area contributed by atoms with Crippen LogP contribution >= 0.6 is 11.6 Å². The molecule has 1 rings (SSSR count). The lowest BCUT2D eigenvalue weighted by Crippen LogP contribution is -2.06. The largest absolute Gasteiger partial charge is 0.416 e. The van der Waals surface area contributed by atoms with Crippen molar-refractivity contribution in [1.29, 1.82) is 0 Å². The first-order chi connectivity index (χ1) is 6.86. The summed E-state index contributed by atoms with van der Waals surface area (Å²) in [5.74, 6) is 0.617. The third kappa shape index (κ3) is 2.75. The van der Waals surface area contributed by atoms with Crippen LogP contribution < -0.4 is 0 Å². The van der Waals surface area contributed by atoms with Gasteiger partial charge in [0, 0.05) is 10.9 Å². The van der Waals surface area contributed by atoms with E-state index in [1.807, 2.05) is 0 Å². The molecular weight excluding hydrogens is 225 g/mol. The lowest BCUT2D eigenvalue weighted by molar-refractivity contribution is -0.137. The highest BCUT2D eigenvalue weighted by atomic mass is 35.5. The minimum absolute atomic E-state index is 0.292. The first kappa shape index (κ1) is 12.1. The van der Waals surface area contributed by atoms with E-state index in [0.717, 1.165) is 12.1 Å². The first-order valence-electron chi connectivity index (χ1n) is 4.19. The fourth-order valence-electron chi connectivity index (χ4n) is 1.11. The van der Waals surface area contributed by atoms with Gasteiger partial charge in [-0.05, 0) is 23.8 Å². The minimum atomic E-state index is -4.35. The summed E-state index contributed by atoms with van der Waals surface area (Å²) < 4.78 is 37.2. The van der Waals surface area contributed by atoms with E-state index in [2.05, 4.69) is 6.58 Å². The van der Waals surface area contributed by atoms with Gasteiger partial charge in [0.25, 0.3) is 0 Å². The second-order valence-corrected chi connectivity index (χ2v) is 3.49. The Labute approximate surface area is 91.4 Å². The van der Waals surface area contributed by atoms with Crippen molar-refractivity contribution in [2.24, 2.45) is 0 Å². The van der Waals surface area contributed by atoms with Crippen molar-refractivity contribution >= 4 is 11.6 Å². The molecule has 81 valence electrons. The van der Waals surface area contributed by atoms with Crippen molar-refractivity contribution in [3.8, 4) is 0 Å². The molecular formula is C11H9ClF3. The quantitative estimate of drug-likeness (QED) is 0.706. The molecule has 0 aliphatic rings. The summed E-state index contributed by atoms with van der Waals surface area (Å²) in [5.41, 5.74) is -0.343. The summed E-state index contributed by atoms with van der Waals surface area (Å²) in [7, 11) is 0. The molecule has 0 N–H and O–H groups in total. The molecule has 0 unspecified atom stereocenters. The number of hydrogen-bond donors (Lipinski definition) is 0. The molecule has 0 bridgehead atoms. The number of alkyl halides is 3. The average Bonchev–Trinajstić information content (AvgIpc) is 2.15. The molecule has 1 radical (unpaired) electrons. The Morgan fingerprint density at radius 1 is 1.40 bits per heavy atom. The topological polar surface area (TPSA) is 0 Å². The van der Waals surface area contributed by atoms with Crippen molar-refractivity contribution < 1.29 is 13.2 Å². The van der Waals surface area contributed by atoms with E-state index in [0.29, 0.717) is 16.5 Å². The maximum Gasteiger partial charge on any atom is 0.416 e. The van der Waals surface area contributed by atoms with Gasteiger partial charge >= 0.3 is 6.18 Å². The second-order valence-electron chi connectivity index (χ2n) is 3.08. The maximum atomic E-state index is 12.4. The molecule has 0 aliphatic heterocycles. The first-order valence-corrected chi connectivity index (χ1v) is 4.57. The predicted octanol–water partition coefficient (Wildman–Crippen LogP) is 4.49. The van der Waals surface area contributed by atoms with Gasteiger partial charge in [0.05, 0.1) is 5.56 Å². The number of benzene rings is 1. The van der Waals surface area contributed by atoms with Crippen LogP contribution in [0.4, 0.5) is 13.2 Å². The molecule has 0 atom stereocenters. The van der Waals surface area contributed by atoms with Crippen LogP contribution in [-0.2, 0) is 6.18 Å². The standard InChI is InChI=1S/C11H9ClF3/c1-3-7(2)9-6-8(11(13,14)15)4-5-10(9)12/h3-6H,1H2,2H3. The number of allylic oxidation sites excluding steroid dienone is 1. The van der Waals surface area contributed by atoms with E-state index in [1.54, 1.807) is 6.92 Å². The predicted molar refractivity (Wildman–Crippen MR) is 54.7 cm³/mol. The van der Waals surface area contributed by atoms with Crippen molar-refractivity contribution in [1.82, 2.24) is 0 Å². The van der Waals surface area contributed by atoms with E-state index in [4.69, 9.17) is 11.6 Å². The normalized spacial score (nSPS) is 11.9. The van der Waals surface area contributed by atoms with E-state index in [9.17, 15) is 13.2 Å². The van der Waals surface area contributed by atoms with Crippen LogP contribution in [0.3, 0.4) is 0 Å². The molecule has 1 aromatic carbocycles. The van der Waals surface area contributed by atoms with Crippen LogP contribution in [0.2, 0.25) is 5.02 Å². The highest BCUT2D eigenvalue weighted by molar-refractivity contribution is 6.31. The zero-order valence-electron chi connectivity index (χ0n) is 8.03. The Hall–Kier alpha value is -0.960. The van der Waals surface area contributed by atoms with E-state index in [1.165, 1.54) is 12.1 Å². The summed E-state index contributed by atoms with van der Waals surface area (Å²) in [5, 5.41) is 0.292. The van der Waals surface area contributed by atoms with Crippen LogP contribution in [0.5, 0.6) is 0 Å². The Kier molecular flexibility index (Phi) is 3.45. The van der Waals surface area contributed by atoms with Gasteiger partial charge < -0.3 is 0 Å². The molecule has 0 spiro atoms. The van der Waals surface area contributed by atoms with Crippen LogP contribution in [0.25, 0.3) is 0 Å². The highest BCUT2D eigenvalue weighted by Crippen LogP contribution is 2.34. The number of hydrogen-bond acceptors (Lipinski definition) is 0. The van der Waals surface area contributed by atoms with Gasteiger partial charge in [-0.3, -0.25) is 0 Å². The maximum absolute atomic E-state index is 12.4. The molecule has 0 amide bonds. The van der Waals surface area contributed by atoms with Crippen molar-refractivity contribution in [3.63, 3.8) is 0 Å². The fraction of sp³-hybridized carbons (Fsp3) is 0.182. The van der Waals surface area contributed by atoms with Gasteiger partial charge in [0.1, 0.15) is 0 Å². The van der Waals surface area contributed by atoms with Crippen molar-refractivity contribution in [2.45, 2.75) is 13.1 Å². The van der Waals surface area contributed by atoms with Gasteiger partial charge in [-0.25, -0.2) is 0 Å². The summed E-state index contributed by atoms with van der Waals surface area (Å²) >= 11 is 5.78. The Morgan fingerprint density at radius 3 is 2.47 bits per heavy atom. The molecule has 1 aromatic rings. The SMILES string of the molecule is C=C[C](C)c1cc(C(F)(F)F)ccc1Cl. The molecule has 0 aromatic heterocycles. The van der Waals surface area contributed by atoms with Gasteiger partial charge in [-0.1, -0.05) is 24.6 Å². The van der Waals surface area contributed by atoms with Crippen molar-refractivity contribution in [2.75, 3.05) is 0 Å². The van der Waals surface area contributed by atoms with E-state index < -0.39 is 11.7 Å².